The average molecular weight is 178 g/mol. The first-order valence-corrected chi connectivity index (χ1v) is 2.82. The van der Waals surface area contributed by atoms with Crippen molar-refractivity contribution in [1.82, 2.24) is 0 Å². The van der Waals surface area contributed by atoms with Crippen molar-refractivity contribution < 1.29 is 27.1 Å². The van der Waals surface area contributed by atoms with Gasteiger partial charge in [-0.15, -0.1) is 0 Å². The molecule has 0 amide bonds. The SMILES string of the molecule is OCC(F)(F)CCC(F)(F)F. The highest BCUT2D eigenvalue weighted by molar-refractivity contribution is 4.66. The highest BCUT2D eigenvalue weighted by Crippen LogP contribution is 2.28. The highest BCUT2D eigenvalue weighted by Gasteiger charge is 2.35. The van der Waals surface area contributed by atoms with Crippen molar-refractivity contribution in [3.63, 3.8) is 0 Å². The minimum atomic E-state index is -4.58. The maximum atomic E-state index is 11.9. The lowest BCUT2D eigenvalue weighted by Crippen LogP contribution is -2.24. The fourth-order valence-corrected chi connectivity index (χ4v) is 0.404. The van der Waals surface area contributed by atoms with Gasteiger partial charge in [-0.05, 0) is 0 Å². The molecule has 0 bridgehead atoms. The first kappa shape index (κ1) is 10.6. The van der Waals surface area contributed by atoms with Gasteiger partial charge in [-0.2, -0.15) is 13.2 Å². The molecule has 0 unspecified atom stereocenters. The molecular formula is C5H7F5O. The van der Waals surface area contributed by atoms with Gasteiger partial charge < -0.3 is 5.11 Å². The predicted molar refractivity (Wildman–Crippen MR) is 27.3 cm³/mol. The molecule has 0 aromatic carbocycles. The molecule has 11 heavy (non-hydrogen) atoms. The summed E-state index contributed by atoms with van der Waals surface area (Å²) in [5.74, 6) is -3.62. The van der Waals surface area contributed by atoms with E-state index in [1.807, 2.05) is 0 Å². The Kier molecular flexibility index (Phi) is 3.22. The zero-order valence-electron chi connectivity index (χ0n) is 5.46. The van der Waals surface area contributed by atoms with Crippen LogP contribution in [0.25, 0.3) is 0 Å². The summed E-state index contributed by atoms with van der Waals surface area (Å²) in [6, 6.07) is 0. The Morgan fingerprint density at radius 1 is 0.909 bits per heavy atom. The zero-order chi connectivity index (χ0) is 9.12. The molecule has 0 radical (unpaired) electrons. The Morgan fingerprint density at radius 2 is 1.36 bits per heavy atom. The van der Waals surface area contributed by atoms with Crippen molar-refractivity contribution in [2.45, 2.75) is 24.9 Å². The van der Waals surface area contributed by atoms with E-state index in [0.717, 1.165) is 0 Å². The molecular weight excluding hydrogens is 171 g/mol. The number of rotatable bonds is 3. The van der Waals surface area contributed by atoms with E-state index in [1.165, 1.54) is 0 Å². The molecule has 0 rings (SSSR count). The second-order valence-corrected chi connectivity index (χ2v) is 2.13. The minimum Gasteiger partial charge on any atom is -0.390 e. The molecule has 0 spiro atoms. The molecule has 0 fully saturated rings. The maximum Gasteiger partial charge on any atom is 0.389 e. The van der Waals surface area contributed by atoms with Crippen molar-refractivity contribution in [3.05, 3.63) is 0 Å². The highest BCUT2D eigenvalue weighted by atomic mass is 19.4. The van der Waals surface area contributed by atoms with Crippen LogP contribution in [0.1, 0.15) is 12.8 Å². The third kappa shape index (κ3) is 6.03. The molecule has 0 atom stereocenters. The van der Waals surface area contributed by atoms with Crippen LogP contribution in [0.4, 0.5) is 22.0 Å². The van der Waals surface area contributed by atoms with E-state index in [1.54, 1.807) is 0 Å². The Bertz CT molecular complexity index is 119. The summed E-state index contributed by atoms with van der Waals surface area (Å²) in [5, 5.41) is 7.87. The van der Waals surface area contributed by atoms with Gasteiger partial charge in [-0.3, -0.25) is 0 Å². The summed E-state index contributed by atoms with van der Waals surface area (Å²) in [7, 11) is 0. The average Bonchev–Trinajstić information content (AvgIpc) is 1.83. The predicted octanol–water partition coefficient (Wildman–Crippen LogP) is 1.96. The minimum absolute atomic E-state index is 1.35. The van der Waals surface area contributed by atoms with Crippen molar-refractivity contribution >= 4 is 0 Å². The molecule has 0 saturated carbocycles. The van der Waals surface area contributed by atoms with E-state index in [2.05, 4.69) is 0 Å². The van der Waals surface area contributed by atoms with Crippen LogP contribution in [-0.4, -0.2) is 23.8 Å². The molecule has 68 valence electrons. The van der Waals surface area contributed by atoms with Crippen LogP contribution in [0.3, 0.4) is 0 Å². The van der Waals surface area contributed by atoms with Crippen LogP contribution in [-0.2, 0) is 0 Å². The number of hydrogen-bond donors (Lipinski definition) is 1. The lowest BCUT2D eigenvalue weighted by molar-refractivity contribution is -0.156. The van der Waals surface area contributed by atoms with Gasteiger partial charge in [0.2, 0.25) is 0 Å². The van der Waals surface area contributed by atoms with Crippen LogP contribution < -0.4 is 0 Å². The molecule has 6 heteroatoms. The number of halogens is 5. The molecule has 0 heterocycles. The molecule has 0 aromatic rings. The zero-order valence-corrected chi connectivity index (χ0v) is 5.46. The number of aliphatic hydroxyl groups excluding tert-OH is 1. The van der Waals surface area contributed by atoms with E-state index in [0.29, 0.717) is 0 Å². The van der Waals surface area contributed by atoms with E-state index < -0.39 is 31.5 Å². The molecule has 1 nitrogen and oxygen atoms in total. The second-order valence-electron chi connectivity index (χ2n) is 2.13. The summed E-state index contributed by atoms with van der Waals surface area (Å²) in [6.45, 7) is -1.54. The third-order valence-corrected chi connectivity index (χ3v) is 1.01. The van der Waals surface area contributed by atoms with Gasteiger partial charge in [-0.1, -0.05) is 0 Å². The molecule has 0 aliphatic rings. The summed E-state index contributed by atoms with van der Waals surface area (Å²) in [5.41, 5.74) is 0. The second kappa shape index (κ2) is 3.34. The summed E-state index contributed by atoms with van der Waals surface area (Å²) in [4.78, 5) is 0. The largest absolute Gasteiger partial charge is 0.390 e. The molecule has 0 aliphatic heterocycles. The molecule has 0 aromatic heterocycles. The van der Waals surface area contributed by atoms with Gasteiger partial charge in [-0.25, -0.2) is 8.78 Å². The fourth-order valence-electron chi connectivity index (χ4n) is 0.404. The van der Waals surface area contributed by atoms with E-state index >= 15 is 0 Å². The third-order valence-electron chi connectivity index (χ3n) is 1.01. The van der Waals surface area contributed by atoms with Crippen LogP contribution in [0.15, 0.2) is 0 Å². The van der Waals surface area contributed by atoms with Crippen molar-refractivity contribution in [2.24, 2.45) is 0 Å². The Hall–Kier alpha value is -0.390. The number of hydrogen-bond acceptors (Lipinski definition) is 1. The Labute approximate surface area is 59.8 Å². The van der Waals surface area contributed by atoms with Crippen LogP contribution in [0.5, 0.6) is 0 Å². The molecule has 0 aliphatic carbocycles. The Morgan fingerprint density at radius 3 is 1.64 bits per heavy atom. The lowest BCUT2D eigenvalue weighted by atomic mass is 10.2. The van der Waals surface area contributed by atoms with Gasteiger partial charge in [0.05, 0.1) is 0 Å². The Balaban J connectivity index is 3.70. The van der Waals surface area contributed by atoms with Gasteiger partial charge in [0.15, 0.2) is 0 Å². The standard InChI is InChI=1S/C5H7F5O/c6-4(7,3-11)1-2-5(8,9)10/h11H,1-3H2. The molecule has 0 saturated heterocycles. The topological polar surface area (TPSA) is 20.2 Å². The summed E-state index contributed by atoms with van der Waals surface area (Å²) >= 11 is 0. The quantitative estimate of drug-likeness (QED) is 0.655. The van der Waals surface area contributed by atoms with Gasteiger partial charge in [0.1, 0.15) is 6.61 Å². The number of aliphatic hydroxyl groups is 1. The number of alkyl halides is 5. The molecule has 1 N–H and O–H groups in total. The van der Waals surface area contributed by atoms with Crippen LogP contribution in [0, 0.1) is 0 Å². The van der Waals surface area contributed by atoms with Gasteiger partial charge >= 0.3 is 6.18 Å². The fraction of sp³-hybridized carbons (Fsp3) is 1.00. The van der Waals surface area contributed by atoms with E-state index in [-0.39, 0.29) is 0 Å². The van der Waals surface area contributed by atoms with Crippen molar-refractivity contribution in [1.29, 1.82) is 0 Å². The van der Waals surface area contributed by atoms with Crippen LogP contribution >= 0.6 is 0 Å². The normalized spacial score (nSPS) is 13.6. The van der Waals surface area contributed by atoms with Gasteiger partial charge in [0.25, 0.3) is 5.92 Å². The smallest absolute Gasteiger partial charge is 0.389 e. The monoisotopic (exact) mass is 178 g/mol. The van der Waals surface area contributed by atoms with Crippen LogP contribution in [0.2, 0.25) is 0 Å². The van der Waals surface area contributed by atoms with E-state index in [4.69, 9.17) is 5.11 Å². The summed E-state index contributed by atoms with van der Waals surface area (Å²) < 4.78 is 57.8. The lowest BCUT2D eigenvalue weighted by Gasteiger charge is -2.13. The maximum absolute atomic E-state index is 11.9. The first-order chi connectivity index (χ1) is 4.77. The van der Waals surface area contributed by atoms with E-state index in [9.17, 15) is 22.0 Å². The van der Waals surface area contributed by atoms with Crippen molar-refractivity contribution in [2.75, 3.05) is 6.61 Å². The summed E-state index contributed by atoms with van der Waals surface area (Å²) in [6.07, 6.45) is -7.51. The van der Waals surface area contributed by atoms with Crippen molar-refractivity contribution in [3.8, 4) is 0 Å². The first-order valence-electron chi connectivity index (χ1n) is 2.82. The van der Waals surface area contributed by atoms with Gasteiger partial charge in [0, 0.05) is 12.8 Å².